The van der Waals surface area contributed by atoms with Gasteiger partial charge in [0, 0.05) is 0 Å². The first-order valence-electron chi connectivity index (χ1n) is 5.04. The first-order valence-corrected chi connectivity index (χ1v) is 12.0. The largest absolute Gasteiger partial charge is 0.335 e. The Labute approximate surface area is 143 Å². The van der Waals surface area contributed by atoms with Crippen molar-refractivity contribution in [3.63, 3.8) is 0 Å². The molecule has 1 aromatic carbocycles. The van der Waals surface area contributed by atoms with Gasteiger partial charge in [-0.1, -0.05) is 0 Å². The molecule has 20 heteroatoms. The van der Waals surface area contributed by atoms with Crippen molar-refractivity contribution >= 4 is 51.1 Å². The van der Waals surface area contributed by atoms with Crippen molar-refractivity contribution in [3.05, 3.63) is 6.07 Å². The van der Waals surface area contributed by atoms with E-state index in [9.17, 15) is 61.5 Å². The van der Waals surface area contributed by atoms with Gasteiger partial charge in [0.2, 0.25) is 0 Å². The molecule has 0 saturated heterocycles. The number of halogens is 5. The van der Waals surface area contributed by atoms with Gasteiger partial charge in [-0.05, 0) is 6.07 Å². The van der Waals surface area contributed by atoms with Crippen LogP contribution in [0.3, 0.4) is 0 Å². The molecule has 0 radical (unpaired) electrons. The Morgan fingerprint density at radius 1 is 0.423 bits per heavy atom. The summed E-state index contributed by atoms with van der Waals surface area (Å²) in [6, 6.07) is -1.04. The van der Waals surface area contributed by atoms with E-state index in [1.54, 1.807) is 0 Å². The minimum atomic E-state index is -7.00. The smallest absolute Gasteiger partial charge is 0.189 e. The molecule has 0 spiro atoms. The second kappa shape index (κ2) is 6.07. The summed E-state index contributed by atoms with van der Waals surface area (Å²) in [5.74, 6) is 0. The fraction of sp³-hybridized carbons (Fsp3) is 0. The van der Waals surface area contributed by atoms with Crippen molar-refractivity contribution in [3.8, 4) is 0 Å². The maximum Gasteiger partial charge on any atom is 0.335 e. The van der Waals surface area contributed by atoms with E-state index >= 15 is 0 Å². The van der Waals surface area contributed by atoms with Gasteiger partial charge in [-0.15, -0.1) is 19.4 Å². The molecule has 0 aromatic heterocycles. The molecule has 1 aromatic rings. The standard InChI is InChI=1S/C6HF5O10S5/c7-22(12,13)2-1-3(23(8,14)15)5(25(10,18)19)6(26(11,20)21)4(2)24(9,16)17/h1H. The van der Waals surface area contributed by atoms with E-state index in [1.807, 2.05) is 0 Å². The van der Waals surface area contributed by atoms with E-state index in [0.29, 0.717) is 0 Å². The Morgan fingerprint density at radius 2 is 0.654 bits per heavy atom. The molecule has 0 aliphatic heterocycles. The number of hydrogen-bond acceptors (Lipinski definition) is 10. The average molecular weight is 488 g/mol. The molecule has 0 aliphatic rings. The van der Waals surface area contributed by atoms with E-state index in [1.165, 1.54) is 0 Å². The third-order valence-corrected chi connectivity index (χ3v) is 7.31. The van der Waals surface area contributed by atoms with E-state index in [4.69, 9.17) is 0 Å². The summed E-state index contributed by atoms with van der Waals surface area (Å²) < 4.78 is 175. The fourth-order valence-electron chi connectivity index (χ4n) is 1.62. The molecule has 10 nitrogen and oxygen atoms in total. The Bertz CT molecular complexity index is 1230. The van der Waals surface area contributed by atoms with Crippen LogP contribution < -0.4 is 0 Å². The van der Waals surface area contributed by atoms with Crippen molar-refractivity contribution in [1.29, 1.82) is 0 Å². The highest BCUT2D eigenvalue weighted by Crippen LogP contribution is 2.41. The summed E-state index contributed by atoms with van der Waals surface area (Å²) in [6.07, 6.45) is 0. The maximum absolute atomic E-state index is 13.3. The first-order chi connectivity index (χ1) is 11.1. The summed E-state index contributed by atoms with van der Waals surface area (Å²) in [7, 11) is -34.0. The zero-order chi connectivity index (χ0) is 21.1. The van der Waals surface area contributed by atoms with Gasteiger partial charge < -0.3 is 0 Å². The fourth-order valence-corrected chi connectivity index (χ4v) is 7.35. The van der Waals surface area contributed by atoms with Crippen LogP contribution in [-0.2, 0) is 51.1 Å². The molecular formula is C6HF5O10S5. The average Bonchev–Trinajstić information content (AvgIpc) is 2.30. The van der Waals surface area contributed by atoms with Crippen LogP contribution >= 0.6 is 0 Å². The van der Waals surface area contributed by atoms with E-state index in [-0.39, 0.29) is 0 Å². The molecule has 0 aliphatic carbocycles. The topological polar surface area (TPSA) is 171 Å². The minimum Gasteiger partial charge on any atom is -0.189 e. The second-order valence-corrected chi connectivity index (χ2v) is 10.5. The zero-order valence-corrected chi connectivity index (χ0v) is 15.2. The lowest BCUT2D eigenvalue weighted by molar-refractivity contribution is 0.505. The number of rotatable bonds is 5. The quantitative estimate of drug-likeness (QED) is 0.405. The summed E-state index contributed by atoms with van der Waals surface area (Å²) in [5, 5.41) is 0. The van der Waals surface area contributed by atoms with Crippen LogP contribution in [-0.4, -0.2) is 42.1 Å². The van der Waals surface area contributed by atoms with Crippen LogP contribution in [0.2, 0.25) is 0 Å². The van der Waals surface area contributed by atoms with Gasteiger partial charge in [0.05, 0.1) is 0 Å². The van der Waals surface area contributed by atoms with Gasteiger partial charge in [-0.3, -0.25) is 0 Å². The normalized spacial score (nSPS) is 14.3. The minimum absolute atomic E-state index is 1.04. The van der Waals surface area contributed by atoms with Gasteiger partial charge in [0.1, 0.15) is 24.5 Å². The lowest BCUT2D eigenvalue weighted by atomic mass is 10.3. The summed E-state index contributed by atoms with van der Waals surface area (Å²) >= 11 is 0. The van der Waals surface area contributed by atoms with E-state index in [0.717, 1.165) is 0 Å². The molecule has 0 bridgehead atoms. The highest BCUT2D eigenvalue weighted by atomic mass is 32.3. The molecule has 0 unspecified atom stereocenters. The maximum atomic E-state index is 13.3. The lowest BCUT2D eigenvalue weighted by Gasteiger charge is -2.12. The zero-order valence-electron chi connectivity index (χ0n) is 11.1. The van der Waals surface area contributed by atoms with Gasteiger partial charge >= 0.3 is 51.1 Å². The second-order valence-electron chi connectivity index (χ2n) is 4.05. The molecule has 0 saturated carbocycles. The van der Waals surface area contributed by atoms with Crippen LogP contribution in [0.4, 0.5) is 19.4 Å². The molecule has 150 valence electrons. The number of benzene rings is 1. The predicted octanol–water partition coefficient (Wildman–Crippen LogP) is -0.0224. The third kappa shape index (κ3) is 4.47. The van der Waals surface area contributed by atoms with Gasteiger partial charge in [0.15, 0.2) is 0 Å². The Kier molecular flexibility index (Phi) is 5.29. The van der Waals surface area contributed by atoms with Crippen LogP contribution in [0, 0.1) is 0 Å². The lowest BCUT2D eigenvalue weighted by Crippen LogP contribution is -2.17. The van der Waals surface area contributed by atoms with E-state index in [2.05, 4.69) is 0 Å². The molecule has 0 atom stereocenters. The molecule has 0 amide bonds. The number of hydrogen-bond donors (Lipinski definition) is 0. The third-order valence-electron chi connectivity index (χ3n) is 2.38. The van der Waals surface area contributed by atoms with Crippen LogP contribution in [0.5, 0.6) is 0 Å². The molecule has 1 rings (SSSR count). The van der Waals surface area contributed by atoms with Gasteiger partial charge in [-0.2, -0.15) is 42.1 Å². The van der Waals surface area contributed by atoms with E-state index < -0.39 is 81.7 Å². The van der Waals surface area contributed by atoms with Gasteiger partial charge in [0.25, 0.3) is 0 Å². The molecule has 0 heterocycles. The summed E-state index contributed by atoms with van der Waals surface area (Å²) in [6.45, 7) is 0. The predicted molar refractivity (Wildman–Crippen MR) is 67.9 cm³/mol. The van der Waals surface area contributed by atoms with Crippen molar-refractivity contribution in [1.82, 2.24) is 0 Å². The first kappa shape index (κ1) is 22.7. The molecule has 26 heavy (non-hydrogen) atoms. The van der Waals surface area contributed by atoms with Crippen LogP contribution in [0.1, 0.15) is 0 Å². The molecule has 0 N–H and O–H groups in total. The van der Waals surface area contributed by atoms with Crippen LogP contribution in [0.25, 0.3) is 0 Å². The Balaban J connectivity index is 4.84. The SMILES string of the molecule is O=S(=O)(F)c1cc(S(=O)(=O)F)c(S(=O)(=O)F)c(S(=O)(=O)F)c1S(=O)(=O)F. The molecule has 0 fully saturated rings. The van der Waals surface area contributed by atoms with Crippen LogP contribution in [0.15, 0.2) is 30.5 Å². The highest BCUT2D eigenvalue weighted by molar-refractivity contribution is 7.93. The molecular weight excluding hydrogens is 487 g/mol. The summed E-state index contributed by atoms with van der Waals surface area (Å²) in [4.78, 5) is -15.1. The van der Waals surface area contributed by atoms with Crippen molar-refractivity contribution in [2.24, 2.45) is 0 Å². The van der Waals surface area contributed by atoms with Crippen molar-refractivity contribution < 1.29 is 61.5 Å². The van der Waals surface area contributed by atoms with Crippen molar-refractivity contribution in [2.45, 2.75) is 24.5 Å². The monoisotopic (exact) mass is 488 g/mol. The van der Waals surface area contributed by atoms with Crippen molar-refractivity contribution in [2.75, 3.05) is 0 Å². The highest BCUT2D eigenvalue weighted by Gasteiger charge is 2.45. The Hall–Kier alpha value is -1.38. The Morgan fingerprint density at radius 3 is 0.808 bits per heavy atom. The van der Waals surface area contributed by atoms with Gasteiger partial charge in [-0.25, -0.2) is 0 Å². The summed E-state index contributed by atoms with van der Waals surface area (Å²) in [5.41, 5.74) is 0.